The van der Waals surface area contributed by atoms with E-state index in [9.17, 15) is 19.5 Å². The van der Waals surface area contributed by atoms with Crippen LogP contribution < -0.4 is 4.74 Å². The SMILES string of the molecule is COc1cc(CN(CC2CCC(C(=O)O)CC2)[C@H]2CCc3cc(Cl)ccc32)ccc1C(OC)N1C(=O)CCC1=O. The average molecular weight is 569 g/mol. The van der Waals surface area contributed by atoms with E-state index in [-0.39, 0.29) is 36.6 Å². The van der Waals surface area contributed by atoms with E-state index in [1.807, 2.05) is 24.3 Å². The van der Waals surface area contributed by atoms with E-state index in [2.05, 4.69) is 17.0 Å². The first-order chi connectivity index (χ1) is 19.3. The van der Waals surface area contributed by atoms with Crippen molar-refractivity contribution in [3.63, 3.8) is 0 Å². The van der Waals surface area contributed by atoms with E-state index in [0.717, 1.165) is 55.7 Å². The number of fused-ring (bicyclic) bond motifs is 1. The van der Waals surface area contributed by atoms with E-state index >= 15 is 0 Å². The Morgan fingerprint density at radius 3 is 2.40 bits per heavy atom. The van der Waals surface area contributed by atoms with Crippen LogP contribution in [0.4, 0.5) is 0 Å². The zero-order valence-corrected chi connectivity index (χ0v) is 23.9. The zero-order valence-electron chi connectivity index (χ0n) is 23.1. The molecule has 1 saturated carbocycles. The molecule has 0 aromatic heterocycles. The number of hydrogen-bond acceptors (Lipinski definition) is 6. The van der Waals surface area contributed by atoms with Crippen molar-refractivity contribution in [3.05, 3.63) is 63.7 Å². The molecule has 2 fully saturated rings. The molecular weight excluding hydrogens is 532 g/mol. The second-order valence-corrected chi connectivity index (χ2v) is 11.6. The topological polar surface area (TPSA) is 96.4 Å². The molecule has 0 radical (unpaired) electrons. The van der Waals surface area contributed by atoms with E-state index in [4.69, 9.17) is 21.1 Å². The molecular formula is C31H37ClN2O6. The van der Waals surface area contributed by atoms with E-state index in [0.29, 0.717) is 23.8 Å². The first kappa shape index (κ1) is 28.6. The smallest absolute Gasteiger partial charge is 0.306 e. The van der Waals surface area contributed by atoms with Crippen LogP contribution in [0.25, 0.3) is 0 Å². The second kappa shape index (κ2) is 12.3. The normalized spacial score (nSPS) is 23.5. The minimum absolute atomic E-state index is 0.191. The summed E-state index contributed by atoms with van der Waals surface area (Å²) in [4.78, 5) is 40.0. The van der Waals surface area contributed by atoms with Crippen LogP contribution in [-0.2, 0) is 32.1 Å². The number of hydrogen-bond donors (Lipinski definition) is 1. The number of aliphatic carboxylic acids is 1. The third-order valence-corrected chi connectivity index (χ3v) is 9.01. The largest absolute Gasteiger partial charge is 0.496 e. The van der Waals surface area contributed by atoms with Gasteiger partial charge < -0.3 is 14.6 Å². The summed E-state index contributed by atoms with van der Waals surface area (Å²) in [5.41, 5.74) is 4.28. The van der Waals surface area contributed by atoms with Crippen molar-refractivity contribution in [1.82, 2.24) is 9.80 Å². The lowest BCUT2D eigenvalue weighted by molar-refractivity contribution is -0.152. The number of methoxy groups -OCH3 is 2. The molecule has 1 saturated heterocycles. The number of carbonyl (C=O) groups excluding carboxylic acids is 2. The number of imide groups is 1. The van der Waals surface area contributed by atoms with Crippen LogP contribution in [0.3, 0.4) is 0 Å². The maximum Gasteiger partial charge on any atom is 0.306 e. The number of ether oxygens (including phenoxy) is 2. The van der Waals surface area contributed by atoms with E-state index < -0.39 is 12.2 Å². The minimum Gasteiger partial charge on any atom is -0.496 e. The quantitative estimate of drug-likeness (QED) is 0.377. The van der Waals surface area contributed by atoms with Gasteiger partial charge in [0.2, 0.25) is 11.8 Å². The molecule has 0 spiro atoms. The summed E-state index contributed by atoms with van der Waals surface area (Å²) in [5.74, 6) is -0.413. The van der Waals surface area contributed by atoms with Crippen LogP contribution >= 0.6 is 11.6 Å². The van der Waals surface area contributed by atoms with Crippen LogP contribution in [0.1, 0.15) is 79.5 Å². The average Bonchev–Trinajstić information content (AvgIpc) is 3.52. The summed E-state index contributed by atoms with van der Waals surface area (Å²) in [6, 6.07) is 12.3. The standard InChI is InChI=1S/C31H37ClN2O6/c1-39-27-15-20(5-10-25(27)30(40-2)34-28(35)13-14-29(34)36)18-33(17-19-3-6-21(7-4-19)31(37)38)26-12-8-22-16-23(32)9-11-24(22)26/h5,9-11,15-16,19,21,26,30H,3-4,6-8,12-14,17-18H2,1-2H3,(H,37,38)/t19?,21?,26-,30?/m0/s1. The summed E-state index contributed by atoms with van der Waals surface area (Å²) in [5, 5.41) is 10.2. The number of benzene rings is 2. The van der Waals surface area contributed by atoms with Gasteiger partial charge in [0.05, 0.1) is 13.0 Å². The number of carbonyl (C=O) groups is 3. The highest BCUT2D eigenvalue weighted by Gasteiger charge is 2.38. The van der Waals surface area contributed by atoms with Crippen LogP contribution in [-0.4, -0.2) is 53.5 Å². The Hall–Kier alpha value is -2.94. The Kier molecular flexibility index (Phi) is 8.78. The molecule has 1 heterocycles. The summed E-state index contributed by atoms with van der Waals surface area (Å²) in [6.07, 6.45) is 4.77. The Balaban J connectivity index is 1.40. The third-order valence-electron chi connectivity index (χ3n) is 8.78. The highest BCUT2D eigenvalue weighted by atomic mass is 35.5. The molecule has 3 aliphatic rings. The lowest BCUT2D eigenvalue weighted by Crippen LogP contribution is -2.35. The molecule has 2 aromatic carbocycles. The van der Waals surface area contributed by atoms with Crippen molar-refractivity contribution in [2.24, 2.45) is 11.8 Å². The van der Waals surface area contributed by atoms with Gasteiger partial charge >= 0.3 is 5.97 Å². The van der Waals surface area contributed by atoms with Gasteiger partial charge in [-0.3, -0.25) is 24.2 Å². The van der Waals surface area contributed by atoms with Gasteiger partial charge in [0.1, 0.15) is 5.75 Å². The Bertz CT molecular complexity index is 1260. The molecule has 2 aliphatic carbocycles. The van der Waals surface area contributed by atoms with Crippen LogP contribution in [0, 0.1) is 11.8 Å². The summed E-state index contributed by atoms with van der Waals surface area (Å²) in [6.45, 7) is 1.56. The first-order valence-corrected chi connectivity index (χ1v) is 14.5. The molecule has 2 aromatic rings. The van der Waals surface area contributed by atoms with Crippen molar-refractivity contribution in [3.8, 4) is 5.75 Å². The molecule has 1 N–H and O–H groups in total. The third kappa shape index (κ3) is 5.90. The summed E-state index contributed by atoms with van der Waals surface area (Å²) >= 11 is 6.29. The molecule has 1 aliphatic heterocycles. The molecule has 5 rings (SSSR count). The van der Waals surface area contributed by atoms with Crippen LogP contribution in [0.5, 0.6) is 5.75 Å². The summed E-state index contributed by atoms with van der Waals surface area (Å²) < 4.78 is 11.4. The highest BCUT2D eigenvalue weighted by molar-refractivity contribution is 6.30. The van der Waals surface area contributed by atoms with Gasteiger partial charge in [-0.1, -0.05) is 29.8 Å². The monoisotopic (exact) mass is 568 g/mol. The zero-order chi connectivity index (χ0) is 28.4. The maximum absolute atomic E-state index is 12.4. The van der Waals surface area contributed by atoms with Crippen molar-refractivity contribution in [2.45, 2.75) is 70.2 Å². The van der Waals surface area contributed by atoms with E-state index in [1.165, 1.54) is 23.1 Å². The number of halogens is 1. The van der Waals surface area contributed by atoms with Crippen molar-refractivity contribution in [1.29, 1.82) is 0 Å². The molecule has 2 atom stereocenters. The van der Waals surface area contributed by atoms with Gasteiger partial charge in [0, 0.05) is 49.7 Å². The molecule has 40 heavy (non-hydrogen) atoms. The number of nitrogens with zero attached hydrogens (tertiary/aromatic N) is 2. The fraction of sp³-hybridized carbons (Fsp3) is 0.516. The predicted molar refractivity (Wildman–Crippen MR) is 150 cm³/mol. The number of amides is 2. The van der Waals surface area contributed by atoms with Gasteiger partial charge in [-0.25, -0.2) is 0 Å². The number of likely N-dealkylation sites (tertiary alicyclic amines) is 1. The number of rotatable bonds is 10. The second-order valence-electron chi connectivity index (χ2n) is 11.2. The summed E-state index contributed by atoms with van der Waals surface area (Å²) in [7, 11) is 3.07. The van der Waals surface area contributed by atoms with Gasteiger partial charge in [-0.05, 0) is 79.3 Å². The lowest BCUT2D eigenvalue weighted by atomic mass is 9.81. The fourth-order valence-corrected chi connectivity index (χ4v) is 6.88. The van der Waals surface area contributed by atoms with Gasteiger partial charge in [-0.15, -0.1) is 0 Å². The molecule has 1 unspecified atom stereocenters. The van der Waals surface area contributed by atoms with Crippen molar-refractivity contribution >= 4 is 29.4 Å². The fourth-order valence-electron chi connectivity index (χ4n) is 6.69. The maximum atomic E-state index is 12.4. The van der Waals surface area contributed by atoms with Crippen LogP contribution in [0.2, 0.25) is 5.02 Å². The lowest BCUT2D eigenvalue weighted by Gasteiger charge is -2.36. The minimum atomic E-state index is -0.835. The molecule has 9 heteroatoms. The first-order valence-electron chi connectivity index (χ1n) is 14.1. The molecule has 0 bridgehead atoms. The Morgan fingerprint density at radius 1 is 1.02 bits per heavy atom. The van der Waals surface area contributed by atoms with Gasteiger partial charge in [-0.2, -0.15) is 0 Å². The van der Waals surface area contributed by atoms with Gasteiger partial charge in [0.25, 0.3) is 0 Å². The Morgan fingerprint density at radius 2 is 1.75 bits per heavy atom. The Labute approximate surface area is 240 Å². The number of aryl methyl sites for hydroxylation is 1. The number of carboxylic acid groups (broad SMARTS) is 1. The molecule has 214 valence electrons. The highest BCUT2D eigenvalue weighted by Crippen LogP contribution is 2.41. The van der Waals surface area contributed by atoms with Crippen molar-refractivity contribution < 1.29 is 29.0 Å². The van der Waals surface area contributed by atoms with Crippen LogP contribution in [0.15, 0.2) is 36.4 Å². The predicted octanol–water partition coefficient (Wildman–Crippen LogP) is 5.52. The van der Waals surface area contributed by atoms with Gasteiger partial charge in [0.15, 0.2) is 6.23 Å². The van der Waals surface area contributed by atoms with Crippen molar-refractivity contribution in [2.75, 3.05) is 20.8 Å². The number of carboxylic acids is 1. The molecule has 8 nitrogen and oxygen atoms in total. The van der Waals surface area contributed by atoms with E-state index in [1.54, 1.807) is 7.11 Å². The molecule has 2 amide bonds.